The first kappa shape index (κ1) is 10.9. The molecule has 0 radical (unpaired) electrons. The highest BCUT2D eigenvalue weighted by atomic mass is 35.5. The van der Waals surface area contributed by atoms with Gasteiger partial charge in [-0.05, 0) is 6.92 Å². The standard InChI is InChI=1S/C9H11ClN2O2S/c1-6-4-12(2-3-14-6)9-11-8(10)7(5-13)15-9/h5-6H,2-4H2,1H3/t6-/m1/s1. The minimum atomic E-state index is 0.195. The lowest BCUT2D eigenvalue weighted by molar-refractivity contribution is 0.0532. The molecule has 1 aromatic rings. The molecule has 2 heterocycles. The first-order valence-electron chi connectivity index (χ1n) is 4.68. The van der Waals surface area contributed by atoms with Crippen molar-refractivity contribution in [2.75, 3.05) is 24.6 Å². The number of aromatic nitrogens is 1. The van der Waals surface area contributed by atoms with Crippen LogP contribution in [0.3, 0.4) is 0 Å². The van der Waals surface area contributed by atoms with Gasteiger partial charge in [-0.2, -0.15) is 0 Å². The Morgan fingerprint density at radius 1 is 1.73 bits per heavy atom. The minimum Gasteiger partial charge on any atom is -0.375 e. The van der Waals surface area contributed by atoms with Gasteiger partial charge in [0.2, 0.25) is 0 Å². The maximum atomic E-state index is 10.6. The number of aldehydes is 1. The van der Waals surface area contributed by atoms with Crippen LogP contribution in [0.2, 0.25) is 5.15 Å². The van der Waals surface area contributed by atoms with Gasteiger partial charge in [0.15, 0.2) is 16.6 Å². The molecule has 0 N–H and O–H groups in total. The van der Waals surface area contributed by atoms with Gasteiger partial charge in [0.05, 0.1) is 12.7 Å². The Morgan fingerprint density at radius 3 is 3.13 bits per heavy atom. The molecule has 0 aliphatic carbocycles. The fourth-order valence-electron chi connectivity index (χ4n) is 1.50. The molecule has 6 heteroatoms. The Morgan fingerprint density at radius 2 is 2.53 bits per heavy atom. The molecular formula is C9H11ClN2O2S. The number of carbonyl (C=O) groups is 1. The molecule has 1 fully saturated rings. The average Bonchev–Trinajstić information content (AvgIpc) is 2.60. The van der Waals surface area contributed by atoms with Crippen molar-refractivity contribution in [3.05, 3.63) is 10.0 Å². The van der Waals surface area contributed by atoms with Crippen molar-refractivity contribution in [3.8, 4) is 0 Å². The van der Waals surface area contributed by atoms with Crippen LogP contribution < -0.4 is 4.90 Å². The second kappa shape index (κ2) is 4.47. The van der Waals surface area contributed by atoms with Gasteiger partial charge in [0, 0.05) is 13.1 Å². The second-order valence-electron chi connectivity index (χ2n) is 3.40. The lowest BCUT2D eigenvalue weighted by Crippen LogP contribution is -2.41. The zero-order valence-electron chi connectivity index (χ0n) is 8.27. The van der Waals surface area contributed by atoms with Gasteiger partial charge < -0.3 is 9.64 Å². The summed E-state index contributed by atoms with van der Waals surface area (Å²) < 4.78 is 5.43. The molecule has 15 heavy (non-hydrogen) atoms. The fourth-order valence-corrected chi connectivity index (χ4v) is 2.60. The summed E-state index contributed by atoms with van der Waals surface area (Å²) in [6.07, 6.45) is 0.939. The Kier molecular flexibility index (Phi) is 3.23. The van der Waals surface area contributed by atoms with Gasteiger partial charge in [0.1, 0.15) is 4.88 Å². The number of nitrogens with zero attached hydrogens (tertiary/aromatic N) is 2. The first-order chi connectivity index (χ1) is 7.20. The summed E-state index contributed by atoms with van der Waals surface area (Å²) in [5, 5.41) is 1.10. The number of thiazole rings is 1. The molecule has 0 bridgehead atoms. The van der Waals surface area contributed by atoms with E-state index in [2.05, 4.69) is 9.88 Å². The summed E-state index contributed by atoms with van der Waals surface area (Å²) >= 11 is 7.14. The van der Waals surface area contributed by atoms with Crippen molar-refractivity contribution in [1.29, 1.82) is 0 Å². The monoisotopic (exact) mass is 246 g/mol. The smallest absolute Gasteiger partial charge is 0.187 e. The summed E-state index contributed by atoms with van der Waals surface area (Å²) in [5.41, 5.74) is 0. The Bertz CT molecular complexity index is 369. The Labute approximate surface area is 96.8 Å². The van der Waals surface area contributed by atoms with Gasteiger partial charge in [-0.15, -0.1) is 0 Å². The van der Waals surface area contributed by atoms with Gasteiger partial charge in [-0.25, -0.2) is 4.98 Å². The van der Waals surface area contributed by atoms with E-state index in [9.17, 15) is 4.79 Å². The highest BCUT2D eigenvalue weighted by molar-refractivity contribution is 7.17. The van der Waals surface area contributed by atoms with Crippen molar-refractivity contribution in [3.63, 3.8) is 0 Å². The van der Waals surface area contributed by atoms with Gasteiger partial charge in [-0.1, -0.05) is 22.9 Å². The molecule has 1 aliphatic rings. The van der Waals surface area contributed by atoms with Gasteiger partial charge in [-0.3, -0.25) is 4.79 Å². The van der Waals surface area contributed by atoms with E-state index < -0.39 is 0 Å². The second-order valence-corrected chi connectivity index (χ2v) is 4.76. The first-order valence-corrected chi connectivity index (χ1v) is 5.88. The van der Waals surface area contributed by atoms with E-state index >= 15 is 0 Å². The maximum absolute atomic E-state index is 10.6. The van der Waals surface area contributed by atoms with Crippen LogP contribution in [0.4, 0.5) is 5.13 Å². The van der Waals surface area contributed by atoms with Crippen molar-refractivity contribution >= 4 is 34.4 Å². The van der Waals surface area contributed by atoms with Crippen molar-refractivity contribution < 1.29 is 9.53 Å². The summed E-state index contributed by atoms with van der Waals surface area (Å²) in [6, 6.07) is 0. The number of halogens is 1. The van der Waals surface area contributed by atoms with E-state index in [4.69, 9.17) is 16.3 Å². The number of rotatable bonds is 2. The molecule has 0 aromatic carbocycles. The Balaban J connectivity index is 2.17. The number of ether oxygens (including phenoxy) is 1. The van der Waals surface area contributed by atoms with E-state index in [1.54, 1.807) is 0 Å². The minimum absolute atomic E-state index is 0.195. The molecule has 0 saturated carbocycles. The summed E-state index contributed by atoms with van der Waals surface area (Å²) in [7, 11) is 0. The summed E-state index contributed by atoms with van der Waals surface area (Å²) in [6.45, 7) is 4.30. The largest absolute Gasteiger partial charge is 0.375 e. The Hall–Kier alpha value is -0.650. The van der Waals surface area contributed by atoms with Crippen molar-refractivity contribution in [1.82, 2.24) is 4.98 Å². The number of carbonyl (C=O) groups excluding carboxylic acids is 1. The molecule has 1 aromatic heterocycles. The third kappa shape index (κ3) is 2.30. The predicted molar refractivity (Wildman–Crippen MR) is 60.1 cm³/mol. The van der Waals surface area contributed by atoms with E-state index in [0.717, 1.165) is 24.5 Å². The van der Waals surface area contributed by atoms with Crippen LogP contribution in [-0.4, -0.2) is 37.1 Å². The van der Waals surface area contributed by atoms with Crippen molar-refractivity contribution in [2.45, 2.75) is 13.0 Å². The zero-order chi connectivity index (χ0) is 10.8. The quantitative estimate of drug-likeness (QED) is 0.747. The molecule has 82 valence electrons. The van der Waals surface area contributed by atoms with Crippen molar-refractivity contribution in [2.24, 2.45) is 0 Å². The van der Waals surface area contributed by atoms with Gasteiger partial charge >= 0.3 is 0 Å². The van der Waals surface area contributed by atoms with Crippen LogP contribution in [-0.2, 0) is 4.74 Å². The van der Waals surface area contributed by atoms with E-state index in [0.29, 0.717) is 16.6 Å². The number of hydrogen-bond acceptors (Lipinski definition) is 5. The third-order valence-electron chi connectivity index (χ3n) is 2.22. The van der Waals surface area contributed by atoms with Crippen LogP contribution in [0.5, 0.6) is 0 Å². The average molecular weight is 247 g/mol. The molecule has 1 atom stereocenters. The molecule has 4 nitrogen and oxygen atoms in total. The molecular weight excluding hydrogens is 236 g/mol. The van der Waals surface area contributed by atoms with Crippen LogP contribution >= 0.6 is 22.9 Å². The highest BCUT2D eigenvalue weighted by Crippen LogP contribution is 2.29. The van der Waals surface area contributed by atoms with E-state index in [-0.39, 0.29) is 6.10 Å². The SMILES string of the molecule is C[C@@H]1CN(c2nc(Cl)c(C=O)s2)CCO1. The zero-order valence-corrected chi connectivity index (χ0v) is 9.85. The normalized spacial score (nSPS) is 21.7. The lowest BCUT2D eigenvalue weighted by atomic mass is 10.3. The van der Waals surface area contributed by atoms with Gasteiger partial charge in [0.25, 0.3) is 0 Å². The number of morpholine rings is 1. The molecule has 2 rings (SSSR count). The van der Waals surface area contributed by atoms with Crippen LogP contribution in [0.15, 0.2) is 0 Å². The molecule has 0 unspecified atom stereocenters. The van der Waals surface area contributed by atoms with Crippen LogP contribution in [0.1, 0.15) is 16.6 Å². The molecule has 1 aliphatic heterocycles. The van der Waals surface area contributed by atoms with E-state index in [1.807, 2.05) is 6.92 Å². The highest BCUT2D eigenvalue weighted by Gasteiger charge is 2.20. The van der Waals surface area contributed by atoms with Crippen LogP contribution in [0.25, 0.3) is 0 Å². The maximum Gasteiger partial charge on any atom is 0.187 e. The third-order valence-corrected chi connectivity index (χ3v) is 3.66. The van der Waals surface area contributed by atoms with E-state index in [1.165, 1.54) is 11.3 Å². The summed E-state index contributed by atoms with van der Waals surface area (Å²) in [5.74, 6) is 0. The number of anilines is 1. The number of hydrogen-bond donors (Lipinski definition) is 0. The lowest BCUT2D eigenvalue weighted by Gasteiger charge is -2.30. The molecule has 0 amide bonds. The fraction of sp³-hybridized carbons (Fsp3) is 0.556. The van der Waals surface area contributed by atoms with Crippen LogP contribution in [0, 0.1) is 0 Å². The molecule has 0 spiro atoms. The summed E-state index contributed by atoms with van der Waals surface area (Å²) in [4.78, 5) is 17.4. The molecule has 1 saturated heterocycles. The topological polar surface area (TPSA) is 42.4 Å². The predicted octanol–water partition coefficient (Wildman–Crippen LogP) is 1.83.